The molecule has 1 aliphatic rings. The van der Waals surface area contributed by atoms with E-state index < -0.39 is 0 Å². The molecule has 4 rings (SSSR count). The van der Waals surface area contributed by atoms with Crippen LogP contribution in [-0.4, -0.2) is 11.4 Å². The molecule has 0 bridgehead atoms. The van der Waals surface area contributed by atoms with E-state index in [4.69, 9.17) is 4.74 Å². The van der Waals surface area contributed by atoms with Crippen LogP contribution in [0.4, 0.5) is 5.69 Å². The van der Waals surface area contributed by atoms with Gasteiger partial charge < -0.3 is 15.4 Å². The second kappa shape index (κ2) is 9.55. The third-order valence-corrected chi connectivity index (χ3v) is 5.86. The van der Waals surface area contributed by atoms with E-state index >= 15 is 0 Å². The van der Waals surface area contributed by atoms with Crippen LogP contribution in [0.25, 0.3) is 6.08 Å². The number of hydrogen-bond acceptors (Lipinski definition) is 4. The zero-order valence-corrected chi connectivity index (χ0v) is 17.6. The van der Waals surface area contributed by atoms with Gasteiger partial charge in [0.2, 0.25) is 0 Å². The van der Waals surface area contributed by atoms with Gasteiger partial charge in [-0.05, 0) is 41.8 Å². The fourth-order valence-electron chi connectivity index (χ4n) is 3.16. The van der Waals surface area contributed by atoms with Crippen molar-refractivity contribution in [2.75, 3.05) is 5.32 Å². The lowest BCUT2D eigenvalue weighted by molar-refractivity contribution is -0.116. The predicted octanol–water partition coefficient (Wildman–Crippen LogP) is 5.43. The number of anilines is 1. The van der Waals surface area contributed by atoms with Crippen molar-refractivity contribution in [2.24, 2.45) is 0 Å². The molecule has 4 nitrogen and oxygen atoms in total. The number of benzene rings is 3. The number of nitrogens with one attached hydrogen (secondary N) is 2. The highest BCUT2D eigenvalue weighted by Crippen LogP contribution is 2.32. The van der Waals surface area contributed by atoms with Crippen molar-refractivity contribution in [3.8, 4) is 5.75 Å². The molecule has 3 aromatic carbocycles. The van der Waals surface area contributed by atoms with Crippen molar-refractivity contribution in [3.63, 3.8) is 0 Å². The average Bonchev–Trinajstić information content (AvgIpc) is 3.13. The number of aryl methyl sites for hydroxylation is 1. The first-order valence-electron chi connectivity index (χ1n) is 10.0. The molecule has 1 aliphatic heterocycles. The van der Waals surface area contributed by atoms with Crippen LogP contribution in [0.1, 0.15) is 23.6 Å². The molecule has 152 valence electrons. The number of para-hydroxylation sites is 1. The maximum Gasteiger partial charge on any atom is 0.260 e. The van der Waals surface area contributed by atoms with Gasteiger partial charge in [0.25, 0.3) is 5.91 Å². The first-order chi connectivity index (χ1) is 14.7. The van der Waals surface area contributed by atoms with E-state index in [2.05, 4.69) is 29.7 Å². The van der Waals surface area contributed by atoms with Crippen molar-refractivity contribution in [2.45, 2.75) is 25.4 Å². The van der Waals surface area contributed by atoms with E-state index in [-0.39, 0.29) is 11.4 Å². The van der Waals surface area contributed by atoms with Crippen molar-refractivity contribution in [1.82, 2.24) is 5.32 Å². The Labute approximate surface area is 181 Å². The third kappa shape index (κ3) is 5.05. The van der Waals surface area contributed by atoms with Crippen LogP contribution in [0.15, 0.2) is 83.8 Å². The molecule has 0 unspecified atom stereocenters. The maximum atomic E-state index is 12.5. The Morgan fingerprint density at radius 2 is 1.70 bits per heavy atom. The van der Waals surface area contributed by atoms with Gasteiger partial charge in [0, 0.05) is 11.3 Å². The topological polar surface area (TPSA) is 50.4 Å². The summed E-state index contributed by atoms with van der Waals surface area (Å²) in [6.07, 6.45) is 2.90. The SMILES string of the molecule is CCc1ccc(N[C@@H]2NC(=O)/C(=C/c3ccccc3OCc3ccccc3)S2)cc1. The largest absolute Gasteiger partial charge is 0.488 e. The standard InChI is InChI=1S/C25H24N2O2S/c1-2-18-12-14-21(15-13-18)26-25-27-24(28)23(30-25)16-20-10-6-7-11-22(20)29-17-19-8-4-3-5-9-19/h3-16,25-26H,2,17H2,1H3,(H,27,28)/b23-16-/t25-/m1/s1. The molecule has 0 spiro atoms. The monoisotopic (exact) mass is 416 g/mol. The highest BCUT2D eigenvalue weighted by Gasteiger charge is 2.27. The molecule has 1 heterocycles. The second-order valence-corrected chi connectivity index (χ2v) is 8.13. The zero-order chi connectivity index (χ0) is 20.8. The quantitative estimate of drug-likeness (QED) is 0.505. The van der Waals surface area contributed by atoms with Gasteiger partial charge in [0.1, 0.15) is 12.4 Å². The molecular weight excluding hydrogens is 392 g/mol. The second-order valence-electron chi connectivity index (χ2n) is 6.99. The number of carbonyl (C=O) groups excluding carboxylic acids is 1. The Kier molecular flexibility index (Phi) is 6.40. The lowest BCUT2D eigenvalue weighted by Crippen LogP contribution is -2.30. The molecule has 30 heavy (non-hydrogen) atoms. The molecule has 5 heteroatoms. The van der Waals surface area contributed by atoms with Crippen molar-refractivity contribution < 1.29 is 9.53 Å². The van der Waals surface area contributed by atoms with Gasteiger partial charge >= 0.3 is 0 Å². The van der Waals surface area contributed by atoms with E-state index in [0.717, 1.165) is 29.0 Å². The molecule has 1 fully saturated rings. The van der Waals surface area contributed by atoms with Gasteiger partial charge in [-0.2, -0.15) is 0 Å². The first kappa shape index (κ1) is 20.1. The third-order valence-electron chi connectivity index (χ3n) is 4.83. The van der Waals surface area contributed by atoms with Crippen LogP contribution in [0.2, 0.25) is 0 Å². The van der Waals surface area contributed by atoms with E-state index in [1.54, 1.807) is 0 Å². The van der Waals surface area contributed by atoms with E-state index in [0.29, 0.717) is 11.5 Å². The number of rotatable bonds is 7. The van der Waals surface area contributed by atoms with Gasteiger partial charge in [-0.3, -0.25) is 4.79 Å². The van der Waals surface area contributed by atoms with Crippen LogP contribution in [0, 0.1) is 0 Å². The fraction of sp³-hybridized carbons (Fsp3) is 0.160. The van der Waals surface area contributed by atoms with Crippen LogP contribution in [0.3, 0.4) is 0 Å². The Bertz CT molecular complexity index is 1030. The molecular formula is C25H24N2O2S. The summed E-state index contributed by atoms with van der Waals surface area (Å²) in [4.78, 5) is 13.1. The Balaban J connectivity index is 1.44. The van der Waals surface area contributed by atoms with Crippen LogP contribution < -0.4 is 15.4 Å². The van der Waals surface area contributed by atoms with Gasteiger partial charge in [0.15, 0.2) is 5.50 Å². The molecule has 0 aliphatic carbocycles. The summed E-state index contributed by atoms with van der Waals surface area (Å²) >= 11 is 1.48. The lowest BCUT2D eigenvalue weighted by atomic mass is 10.1. The van der Waals surface area contributed by atoms with E-state index in [1.165, 1.54) is 17.3 Å². The predicted molar refractivity (Wildman–Crippen MR) is 124 cm³/mol. The summed E-state index contributed by atoms with van der Waals surface area (Å²) in [7, 11) is 0. The number of carbonyl (C=O) groups is 1. The summed E-state index contributed by atoms with van der Waals surface area (Å²) in [6, 6.07) is 26.1. The molecule has 2 N–H and O–H groups in total. The van der Waals surface area contributed by atoms with Crippen LogP contribution in [0.5, 0.6) is 5.75 Å². The van der Waals surface area contributed by atoms with Gasteiger partial charge in [-0.15, -0.1) is 0 Å². The summed E-state index contributed by atoms with van der Waals surface area (Å²) in [5.74, 6) is 0.675. The number of hydrogen-bond donors (Lipinski definition) is 2. The Hall–Kier alpha value is -3.18. The minimum absolute atomic E-state index is 0.0828. The molecule has 0 aromatic heterocycles. The minimum Gasteiger partial charge on any atom is -0.488 e. The van der Waals surface area contributed by atoms with E-state index in [1.807, 2.05) is 72.8 Å². The van der Waals surface area contributed by atoms with Crippen LogP contribution in [-0.2, 0) is 17.8 Å². The molecule has 3 aromatic rings. The van der Waals surface area contributed by atoms with E-state index in [9.17, 15) is 4.79 Å². The highest BCUT2D eigenvalue weighted by molar-refractivity contribution is 8.05. The number of amides is 1. The van der Waals surface area contributed by atoms with Crippen molar-refractivity contribution in [1.29, 1.82) is 0 Å². The molecule has 0 radical (unpaired) electrons. The smallest absolute Gasteiger partial charge is 0.260 e. The number of thioether (sulfide) groups is 1. The number of ether oxygens (including phenoxy) is 1. The lowest BCUT2D eigenvalue weighted by Gasteiger charge is -2.13. The van der Waals surface area contributed by atoms with Gasteiger partial charge in [-0.1, -0.05) is 79.3 Å². The Morgan fingerprint density at radius 3 is 2.47 bits per heavy atom. The molecule has 1 atom stereocenters. The normalized spacial score (nSPS) is 17.0. The van der Waals surface area contributed by atoms with Crippen LogP contribution >= 0.6 is 11.8 Å². The average molecular weight is 417 g/mol. The molecule has 1 saturated heterocycles. The molecule has 1 amide bonds. The summed E-state index contributed by atoms with van der Waals surface area (Å²) in [6.45, 7) is 2.62. The maximum absolute atomic E-state index is 12.5. The summed E-state index contributed by atoms with van der Waals surface area (Å²) < 4.78 is 6.01. The highest BCUT2D eigenvalue weighted by atomic mass is 32.2. The van der Waals surface area contributed by atoms with Gasteiger partial charge in [0.05, 0.1) is 4.91 Å². The van der Waals surface area contributed by atoms with Crippen molar-refractivity contribution >= 4 is 29.4 Å². The molecule has 0 saturated carbocycles. The fourth-order valence-corrected chi connectivity index (χ4v) is 4.14. The van der Waals surface area contributed by atoms with Crippen molar-refractivity contribution in [3.05, 3.63) is 100 Å². The zero-order valence-electron chi connectivity index (χ0n) is 16.8. The summed E-state index contributed by atoms with van der Waals surface area (Å²) in [5.41, 5.74) is 4.06. The van der Waals surface area contributed by atoms with Gasteiger partial charge in [-0.25, -0.2) is 0 Å². The summed E-state index contributed by atoms with van der Waals surface area (Å²) in [5, 5.41) is 6.34. The Morgan fingerprint density at radius 1 is 0.967 bits per heavy atom. The minimum atomic E-state index is -0.200. The first-order valence-corrected chi connectivity index (χ1v) is 10.9.